The van der Waals surface area contributed by atoms with E-state index in [-0.39, 0.29) is 34.9 Å². The zero-order chi connectivity index (χ0) is 27.8. The Hall–Kier alpha value is -3.74. The van der Waals surface area contributed by atoms with Crippen molar-refractivity contribution >= 4 is 64.0 Å². The lowest BCUT2D eigenvalue weighted by Crippen LogP contribution is -2.42. The standard InChI is InChI=1S/C27H23ClN8O2S2/c1-13-11-39-26(33-13)27(12-36-24(37)14-4-2-3-5-15(14)25(36)38)16-9-35(10-17(16)27)19-8-32-23(22(30)34-19)40-18-6-7-31-21(29)20(18)28/h2-8,11,16-17H,9-10,12H2,1H3,(H2,29,31)(H2,30,34). The van der Waals surface area contributed by atoms with Gasteiger partial charge in [-0.15, -0.1) is 11.3 Å². The van der Waals surface area contributed by atoms with Gasteiger partial charge in [-0.25, -0.2) is 19.9 Å². The number of halogens is 1. The minimum absolute atomic E-state index is 0.207. The molecule has 1 aliphatic carbocycles. The van der Waals surface area contributed by atoms with Crippen LogP contribution in [0.1, 0.15) is 31.4 Å². The fraction of sp³-hybridized carbons (Fsp3) is 0.259. The molecule has 2 atom stereocenters. The summed E-state index contributed by atoms with van der Waals surface area (Å²) in [6, 6.07) is 8.76. The molecule has 13 heteroatoms. The molecular formula is C27H23ClN8O2S2. The van der Waals surface area contributed by atoms with Gasteiger partial charge in [-0.05, 0) is 37.0 Å². The van der Waals surface area contributed by atoms with E-state index >= 15 is 0 Å². The Bertz CT molecular complexity index is 1660. The largest absolute Gasteiger partial charge is 0.382 e. The lowest BCUT2D eigenvalue weighted by atomic mass is 9.99. The SMILES string of the molecule is Cc1csc(C2(CN3C(=O)c4ccccc4C3=O)C3CN(c4cnc(Sc5ccnc(N)c5Cl)c(N)n4)CC32)n1. The lowest BCUT2D eigenvalue weighted by Gasteiger charge is -2.29. The van der Waals surface area contributed by atoms with Gasteiger partial charge >= 0.3 is 0 Å². The molecule has 1 saturated heterocycles. The first-order chi connectivity index (χ1) is 19.3. The smallest absolute Gasteiger partial charge is 0.261 e. The van der Waals surface area contributed by atoms with E-state index in [9.17, 15) is 9.59 Å². The van der Waals surface area contributed by atoms with Crippen molar-refractivity contribution in [3.05, 3.63) is 75.0 Å². The summed E-state index contributed by atoms with van der Waals surface area (Å²) in [5.74, 6) is 1.15. The number of fused-ring (bicyclic) bond motifs is 2. The highest BCUT2D eigenvalue weighted by molar-refractivity contribution is 7.99. The summed E-state index contributed by atoms with van der Waals surface area (Å²) < 4.78 is 0. The van der Waals surface area contributed by atoms with Crippen molar-refractivity contribution in [3.8, 4) is 0 Å². The number of imide groups is 1. The van der Waals surface area contributed by atoms with E-state index < -0.39 is 0 Å². The molecule has 0 radical (unpaired) electrons. The Kier molecular flexibility index (Phi) is 5.77. The number of carbonyl (C=O) groups is 2. The number of aromatic nitrogens is 4. The van der Waals surface area contributed by atoms with Gasteiger partial charge < -0.3 is 16.4 Å². The van der Waals surface area contributed by atoms with Gasteiger partial charge in [0.15, 0.2) is 5.82 Å². The van der Waals surface area contributed by atoms with Crippen LogP contribution < -0.4 is 16.4 Å². The molecule has 3 aliphatic rings. The highest BCUT2D eigenvalue weighted by Crippen LogP contribution is 2.65. The fourth-order valence-electron chi connectivity index (χ4n) is 5.99. The third-order valence-electron chi connectivity index (χ3n) is 8.01. The first kappa shape index (κ1) is 25.2. The molecule has 4 N–H and O–H groups in total. The Morgan fingerprint density at radius 1 is 1.05 bits per heavy atom. The molecule has 10 nitrogen and oxygen atoms in total. The highest BCUT2D eigenvalue weighted by atomic mass is 35.5. The number of anilines is 3. The van der Waals surface area contributed by atoms with Crippen LogP contribution in [-0.2, 0) is 5.41 Å². The molecule has 0 bridgehead atoms. The number of rotatable bonds is 6. The maximum Gasteiger partial charge on any atom is 0.261 e. The maximum absolute atomic E-state index is 13.2. The van der Waals surface area contributed by atoms with Crippen LogP contribution in [0.4, 0.5) is 17.5 Å². The van der Waals surface area contributed by atoms with E-state index in [1.807, 2.05) is 12.3 Å². The van der Waals surface area contributed by atoms with Gasteiger partial charge in [-0.2, -0.15) is 0 Å². The maximum atomic E-state index is 13.2. The van der Waals surface area contributed by atoms with Gasteiger partial charge in [0.1, 0.15) is 21.7 Å². The summed E-state index contributed by atoms with van der Waals surface area (Å²) in [7, 11) is 0. The van der Waals surface area contributed by atoms with Crippen molar-refractivity contribution in [2.45, 2.75) is 22.3 Å². The van der Waals surface area contributed by atoms with Crippen molar-refractivity contribution in [2.24, 2.45) is 11.8 Å². The van der Waals surface area contributed by atoms with Crippen molar-refractivity contribution in [1.29, 1.82) is 0 Å². The van der Waals surface area contributed by atoms with Crippen LogP contribution in [0.2, 0.25) is 5.02 Å². The van der Waals surface area contributed by atoms with E-state index in [0.717, 1.165) is 10.7 Å². The summed E-state index contributed by atoms with van der Waals surface area (Å²) in [5, 5.41) is 3.88. The van der Waals surface area contributed by atoms with Crippen LogP contribution in [0.3, 0.4) is 0 Å². The number of carbonyl (C=O) groups excluding carboxylic acids is 2. The minimum atomic E-state index is -0.379. The molecule has 40 heavy (non-hydrogen) atoms. The molecule has 4 aromatic rings. The number of hydrogen-bond donors (Lipinski definition) is 2. The molecule has 3 aromatic heterocycles. The van der Waals surface area contributed by atoms with Gasteiger partial charge in [-0.1, -0.05) is 35.5 Å². The fourth-order valence-corrected chi connectivity index (χ4v) is 8.12. The topological polar surface area (TPSA) is 144 Å². The van der Waals surface area contributed by atoms with Crippen LogP contribution in [0.15, 0.2) is 58.0 Å². The molecule has 1 saturated carbocycles. The van der Waals surface area contributed by atoms with Crippen LogP contribution in [0, 0.1) is 18.8 Å². The number of piperidine rings is 1. The molecule has 202 valence electrons. The number of hydrogen-bond acceptors (Lipinski definition) is 11. The zero-order valence-corrected chi connectivity index (χ0v) is 23.6. The van der Waals surface area contributed by atoms with E-state index in [1.165, 1.54) is 16.7 Å². The van der Waals surface area contributed by atoms with Crippen molar-refractivity contribution in [2.75, 3.05) is 36.0 Å². The van der Waals surface area contributed by atoms with Crippen molar-refractivity contribution in [3.63, 3.8) is 0 Å². The number of thiazole rings is 1. The average Bonchev–Trinajstić information content (AvgIpc) is 3.34. The summed E-state index contributed by atoms with van der Waals surface area (Å²) in [5.41, 5.74) is 13.6. The lowest BCUT2D eigenvalue weighted by molar-refractivity contribution is 0.0632. The minimum Gasteiger partial charge on any atom is -0.382 e. The second-order valence-corrected chi connectivity index (χ2v) is 12.5. The monoisotopic (exact) mass is 590 g/mol. The van der Waals surface area contributed by atoms with Crippen molar-refractivity contribution < 1.29 is 9.59 Å². The Labute approximate surface area is 242 Å². The molecule has 2 unspecified atom stereocenters. The van der Waals surface area contributed by atoms with Crippen LogP contribution in [-0.4, -0.2) is 56.3 Å². The number of pyridine rings is 1. The first-order valence-electron chi connectivity index (χ1n) is 12.6. The zero-order valence-electron chi connectivity index (χ0n) is 21.2. The second kappa shape index (κ2) is 9.15. The Morgan fingerprint density at radius 2 is 1.75 bits per heavy atom. The van der Waals surface area contributed by atoms with Crippen LogP contribution in [0.5, 0.6) is 0 Å². The third-order valence-corrected chi connectivity index (χ3v) is 10.7. The number of benzene rings is 1. The van der Waals surface area contributed by atoms with E-state index in [1.54, 1.807) is 54.1 Å². The predicted octanol–water partition coefficient (Wildman–Crippen LogP) is 3.91. The van der Waals surface area contributed by atoms with Gasteiger partial charge in [0.2, 0.25) is 0 Å². The molecule has 7 rings (SSSR count). The second-order valence-electron chi connectivity index (χ2n) is 10.2. The molecule has 2 fully saturated rings. The average molecular weight is 591 g/mol. The van der Waals surface area contributed by atoms with E-state index in [4.69, 9.17) is 28.1 Å². The molecular weight excluding hydrogens is 568 g/mol. The highest BCUT2D eigenvalue weighted by Gasteiger charge is 2.71. The number of nitrogens with zero attached hydrogens (tertiary/aromatic N) is 6. The summed E-state index contributed by atoms with van der Waals surface area (Å²) >= 11 is 9.16. The van der Waals surface area contributed by atoms with Crippen LogP contribution >= 0.6 is 34.7 Å². The molecule has 2 aliphatic heterocycles. The molecule has 5 heterocycles. The first-order valence-corrected chi connectivity index (χ1v) is 14.7. The van der Waals surface area contributed by atoms with Gasteiger partial charge in [-0.3, -0.25) is 14.5 Å². The number of nitrogen functional groups attached to an aromatic ring is 2. The third kappa shape index (κ3) is 3.77. The molecule has 1 aromatic carbocycles. The van der Waals surface area contributed by atoms with E-state index in [2.05, 4.69) is 19.9 Å². The summed E-state index contributed by atoms with van der Waals surface area (Å²) in [6.07, 6.45) is 3.29. The summed E-state index contributed by atoms with van der Waals surface area (Å²) in [4.78, 5) is 48.7. The number of amides is 2. The van der Waals surface area contributed by atoms with Crippen molar-refractivity contribution in [1.82, 2.24) is 24.8 Å². The quantitative estimate of drug-likeness (QED) is 0.317. The number of aryl methyl sites for hydroxylation is 1. The summed E-state index contributed by atoms with van der Waals surface area (Å²) in [6.45, 7) is 3.67. The van der Waals surface area contributed by atoms with E-state index in [0.29, 0.717) is 57.3 Å². The van der Waals surface area contributed by atoms with Gasteiger partial charge in [0.05, 0.1) is 27.8 Å². The number of nitrogens with two attached hydrogens (primary N) is 2. The van der Waals surface area contributed by atoms with Gasteiger partial charge in [0.25, 0.3) is 11.8 Å². The Balaban J connectivity index is 1.12. The predicted molar refractivity (Wildman–Crippen MR) is 154 cm³/mol. The molecule has 0 spiro atoms. The van der Waals surface area contributed by atoms with Crippen LogP contribution in [0.25, 0.3) is 0 Å². The van der Waals surface area contributed by atoms with Gasteiger partial charge in [0, 0.05) is 41.8 Å². The Morgan fingerprint density at radius 3 is 2.38 bits per heavy atom. The molecule has 2 amide bonds. The normalized spacial score (nSPS) is 23.1.